The van der Waals surface area contributed by atoms with Crippen LogP contribution in [0.2, 0.25) is 0 Å². The summed E-state index contributed by atoms with van der Waals surface area (Å²) >= 11 is 0. The molecular formula is C19H25N5O. The van der Waals surface area contributed by atoms with Crippen LogP contribution in [-0.4, -0.2) is 44.6 Å². The lowest BCUT2D eigenvalue weighted by atomic mass is 9.94. The van der Waals surface area contributed by atoms with Gasteiger partial charge in [0.25, 0.3) is 0 Å². The van der Waals surface area contributed by atoms with E-state index in [1.165, 1.54) is 17.5 Å². The molecule has 1 aromatic heterocycles. The topological polar surface area (TPSA) is 73.9 Å². The van der Waals surface area contributed by atoms with Crippen LogP contribution in [0.5, 0.6) is 0 Å². The second-order valence-electron chi connectivity index (χ2n) is 7.79. The number of carbonyl (C=O) groups is 1. The van der Waals surface area contributed by atoms with E-state index in [4.69, 9.17) is 0 Å². The molecule has 132 valence electrons. The summed E-state index contributed by atoms with van der Waals surface area (Å²) in [6.45, 7) is 7.06. The Labute approximate surface area is 148 Å². The van der Waals surface area contributed by atoms with Crippen LogP contribution in [0, 0.1) is 5.92 Å². The Balaban J connectivity index is 1.32. The van der Waals surface area contributed by atoms with Crippen molar-refractivity contribution in [2.45, 2.75) is 44.7 Å². The zero-order valence-corrected chi connectivity index (χ0v) is 14.8. The summed E-state index contributed by atoms with van der Waals surface area (Å²) < 4.78 is 0. The molecule has 0 radical (unpaired) electrons. The number of benzene rings is 1. The van der Waals surface area contributed by atoms with Crippen molar-refractivity contribution >= 4 is 5.91 Å². The quantitative estimate of drug-likeness (QED) is 0.872. The molecule has 0 unspecified atom stereocenters. The van der Waals surface area contributed by atoms with E-state index in [2.05, 4.69) is 63.5 Å². The van der Waals surface area contributed by atoms with Crippen LogP contribution < -0.4 is 5.32 Å². The fraction of sp³-hybridized carbons (Fsp3) is 0.526. The molecule has 2 N–H and O–H groups in total. The predicted octanol–water partition coefficient (Wildman–Crippen LogP) is 1.86. The summed E-state index contributed by atoms with van der Waals surface area (Å²) in [6, 6.07) is 8.65. The SMILES string of the molecule is CC(C)(CNC(=O)[C@@H]1C[C@H]1c1ncn[nH]1)N1CCc2ccccc2C1. The molecule has 1 fully saturated rings. The highest BCUT2D eigenvalue weighted by atomic mass is 16.2. The standard InChI is InChI=1S/C19H25N5O/c1-19(2,24-8-7-13-5-3-4-6-14(13)10-24)11-20-18(25)16-9-15(16)17-21-12-22-23-17/h3-6,12,15-16H,7-11H2,1-2H3,(H,20,25)(H,21,22,23)/t15-,16-/m1/s1. The molecule has 4 rings (SSSR count). The molecule has 0 bridgehead atoms. The number of H-pyrrole nitrogens is 1. The Bertz CT molecular complexity index is 755. The van der Waals surface area contributed by atoms with Gasteiger partial charge < -0.3 is 5.32 Å². The van der Waals surface area contributed by atoms with Gasteiger partial charge in [-0.2, -0.15) is 5.10 Å². The van der Waals surface area contributed by atoms with Crippen molar-refractivity contribution in [1.29, 1.82) is 0 Å². The van der Waals surface area contributed by atoms with Gasteiger partial charge in [-0.05, 0) is 37.8 Å². The lowest BCUT2D eigenvalue weighted by molar-refractivity contribution is -0.123. The summed E-state index contributed by atoms with van der Waals surface area (Å²) in [7, 11) is 0. The van der Waals surface area contributed by atoms with Gasteiger partial charge in [0.2, 0.25) is 5.91 Å². The average Bonchev–Trinajstić information content (AvgIpc) is 3.24. The maximum atomic E-state index is 12.4. The smallest absolute Gasteiger partial charge is 0.223 e. The number of hydrogen-bond donors (Lipinski definition) is 2. The van der Waals surface area contributed by atoms with Gasteiger partial charge in [-0.1, -0.05) is 24.3 Å². The minimum absolute atomic E-state index is 0.0332. The van der Waals surface area contributed by atoms with Crippen LogP contribution in [0.25, 0.3) is 0 Å². The largest absolute Gasteiger partial charge is 0.354 e. The van der Waals surface area contributed by atoms with Gasteiger partial charge in [0.05, 0.1) is 0 Å². The first-order chi connectivity index (χ1) is 12.0. The van der Waals surface area contributed by atoms with Crippen molar-refractivity contribution < 1.29 is 4.79 Å². The molecular weight excluding hydrogens is 314 g/mol. The number of rotatable bonds is 5. The average molecular weight is 339 g/mol. The molecule has 6 nitrogen and oxygen atoms in total. The maximum absolute atomic E-state index is 12.4. The number of aromatic amines is 1. The number of carbonyl (C=O) groups excluding carboxylic acids is 1. The van der Waals surface area contributed by atoms with Crippen LogP contribution in [-0.2, 0) is 17.8 Å². The Kier molecular flexibility index (Phi) is 4.07. The predicted molar refractivity (Wildman–Crippen MR) is 94.9 cm³/mol. The van der Waals surface area contributed by atoms with Crippen molar-refractivity contribution in [3.8, 4) is 0 Å². The minimum atomic E-state index is -0.0696. The van der Waals surface area contributed by atoms with Gasteiger partial charge in [0.15, 0.2) is 0 Å². The third-order valence-electron chi connectivity index (χ3n) is 5.59. The molecule has 2 aliphatic rings. The van der Waals surface area contributed by atoms with Crippen LogP contribution in [0.1, 0.15) is 43.1 Å². The van der Waals surface area contributed by atoms with Crippen LogP contribution in [0.3, 0.4) is 0 Å². The normalized spacial score (nSPS) is 23.1. The number of nitrogens with zero attached hydrogens (tertiary/aromatic N) is 3. The molecule has 2 atom stereocenters. The van der Waals surface area contributed by atoms with Crippen molar-refractivity contribution in [3.05, 3.63) is 47.5 Å². The summed E-state index contributed by atoms with van der Waals surface area (Å²) in [5, 5.41) is 9.89. The van der Waals surface area contributed by atoms with Crippen molar-refractivity contribution in [3.63, 3.8) is 0 Å². The highest BCUT2D eigenvalue weighted by Gasteiger charge is 2.46. The Hall–Kier alpha value is -2.21. The van der Waals surface area contributed by atoms with E-state index in [-0.39, 0.29) is 23.3 Å². The number of fused-ring (bicyclic) bond motifs is 1. The first kappa shape index (κ1) is 16.3. The zero-order chi connectivity index (χ0) is 17.4. The highest BCUT2D eigenvalue weighted by Crippen LogP contribution is 2.45. The van der Waals surface area contributed by atoms with Gasteiger partial charge >= 0.3 is 0 Å². The third kappa shape index (κ3) is 3.31. The van der Waals surface area contributed by atoms with Crippen molar-refractivity contribution in [2.24, 2.45) is 5.92 Å². The molecule has 1 aliphatic heterocycles. The second kappa shape index (κ2) is 6.26. The summed E-state index contributed by atoms with van der Waals surface area (Å²) in [4.78, 5) is 19.1. The minimum Gasteiger partial charge on any atom is -0.354 e. The molecule has 1 aliphatic carbocycles. The summed E-state index contributed by atoms with van der Waals surface area (Å²) in [5.41, 5.74) is 2.78. The van der Waals surface area contributed by atoms with Crippen LogP contribution in [0.15, 0.2) is 30.6 Å². The molecule has 2 aromatic rings. The molecule has 0 spiro atoms. The molecule has 0 saturated heterocycles. The number of amides is 1. The second-order valence-corrected chi connectivity index (χ2v) is 7.79. The molecule has 1 aromatic carbocycles. The van der Waals surface area contributed by atoms with E-state index in [0.717, 1.165) is 31.8 Å². The first-order valence-corrected chi connectivity index (χ1v) is 8.99. The highest BCUT2D eigenvalue weighted by molar-refractivity contribution is 5.82. The maximum Gasteiger partial charge on any atom is 0.223 e. The van der Waals surface area contributed by atoms with Crippen molar-refractivity contribution in [1.82, 2.24) is 25.4 Å². The Morgan fingerprint density at radius 3 is 2.92 bits per heavy atom. The van der Waals surface area contributed by atoms with E-state index in [9.17, 15) is 4.79 Å². The van der Waals surface area contributed by atoms with Crippen molar-refractivity contribution in [2.75, 3.05) is 13.1 Å². The molecule has 1 amide bonds. The number of hydrogen-bond acceptors (Lipinski definition) is 4. The zero-order valence-electron chi connectivity index (χ0n) is 14.8. The van der Waals surface area contributed by atoms with Gasteiger partial charge in [0, 0.05) is 37.0 Å². The van der Waals surface area contributed by atoms with E-state index in [1.54, 1.807) is 0 Å². The number of nitrogens with one attached hydrogen (secondary N) is 2. The van der Waals surface area contributed by atoms with Gasteiger partial charge in [0.1, 0.15) is 12.2 Å². The molecule has 6 heteroatoms. The Morgan fingerprint density at radius 1 is 1.36 bits per heavy atom. The number of aromatic nitrogens is 3. The van der Waals surface area contributed by atoms with E-state index < -0.39 is 0 Å². The Morgan fingerprint density at radius 2 is 2.16 bits per heavy atom. The van der Waals surface area contributed by atoms with E-state index in [0.29, 0.717) is 6.54 Å². The van der Waals surface area contributed by atoms with Crippen LogP contribution in [0.4, 0.5) is 0 Å². The van der Waals surface area contributed by atoms with Gasteiger partial charge in [-0.3, -0.25) is 14.8 Å². The van der Waals surface area contributed by atoms with Gasteiger partial charge in [-0.25, -0.2) is 4.98 Å². The van der Waals surface area contributed by atoms with E-state index in [1.807, 2.05) is 0 Å². The lowest BCUT2D eigenvalue weighted by Crippen LogP contribution is -2.53. The summed E-state index contributed by atoms with van der Waals surface area (Å²) in [6.07, 6.45) is 3.43. The first-order valence-electron chi connectivity index (χ1n) is 8.99. The molecule has 1 saturated carbocycles. The lowest BCUT2D eigenvalue weighted by Gasteiger charge is -2.41. The fourth-order valence-electron chi connectivity index (χ4n) is 3.74. The summed E-state index contributed by atoms with van der Waals surface area (Å²) in [5.74, 6) is 1.19. The monoisotopic (exact) mass is 339 g/mol. The third-order valence-corrected chi connectivity index (χ3v) is 5.59. The van der Waals surface area contributed by atoms with Crippen LogP contribution >= 0.6 is 0 Å². The van der Waals surface area contributed by atoms with E-state index >= 15 is 0 Å². The van der Waals surface area contributed by atoms with Gasteiger partial charge in [-0.15, -0.1) is 0 Å². The fourth-order valence-corrected chi connectivity index (χ4v) is 3.74. The molecule has 25 heavy (non-hydrogen) atoms. The molecule has 2 heterocycles.